The van der Waals surface area contributed by atoms with Crippen LogP contribution in [0.4, 0.5) is 10.1 Å². The van der Waals surface area contributed by atoms with Crippen molar-refractivity contribution in [3.63, 3.8) is 0 Å². The molecule has 2 N–H and O–H groups in total. The minimum atomic E-state index is -0.403. The summed E-state index contributed by atoms with van der Waals surface area (Å²) in [4.78, 5) is 12.0. The number of aromatic amines is 1. The standard InChI is InChI=1S/C14H10BrClFN5O/c15-10-5-18-21-13(10)14(23)20-8-4-19-22(6-8)7-9-11(16)2-1-3-12(9)17/h1-6H,7H2,(H,18,21)(H,20,23). The second kappa shape index (κ2) is 6.51. The Morgan fingerprint density at radius 1 is 1.43 bits per heavy atom. The van der Waals surface area contributed by atoms with Crippen molar-refractivity contribution in [3.05, 3.63) is 63.4 Å². The summed E-state index contributed by atoms with van der Waals surface area (Å²) in [7, 11) is 0. The molecule has 0 unspecified atom stereocenters. The predicted octanol–water partition coefficient (Wildman–Crippen LogP) is 3.46. The summed E-state index contributed by atoms with van der Waals surface area (Å²) in [6, 6.07) is 4.49. The highest BCUT2D eigenvalue weighted by molar-refractivity contribution is 9.10. The predicted molar refractivity (Wildman–Crippen MR) is 87.0 cm³/mol. The topological polar surface area (TPSA) is 75.6 Å². The fraction of sp³-hybridized carbons (Fsp3) is 0.0714. The van der Waals surface area contributed by atoms with Gasteiger partial charge in [0.05, 0.1) is 29.1 Å². The first kappa shape index (κ1) is 15.7. The molecule has 0 atom stereocenters. The molecule has 23 heavy (non-hydrogen) atoms. The number of nitrogens with zero attached hydrogens (tertiary/aromatic N) is 3. The number of aromatic nitrogens is 4. The van der Waals surface area contributed by atoms with E-state index in [0.29, 0.717) is 26.4 Å². The Bertz CT molecular complexity index is 842. The SMILES string of the molecule is O=C(Nc1cnn(Cc2c(F)cccc2Cl)c1)c1[nH]ncc1Br. The lowest BCUT2D eigenvalue weighted by Crippen LogP contribution is -2.12. The van der Waals surface area contributed by atoms with Gasteiger partial charge in [-0.3, -0.25) is 14.6 Å². The molecule has 0 bridgehead atoms. The van der Waals surface area contributed by atoms with Gasteiger partial charge < -0.3 is 5.32 Å². The number of H-pyrrole nitrogens is 1. The summed E-state index contributed by atoms with van der Waals surface area (Å²) in [5.41, 5.74) is 1.12. The van der Waals surface area contributed by atoms with Crippen molar-refractivity contribution in [1.82, 2.24) is 20.0 Å². The van der Waals surface area contributed by atoms with Gasteiger partial charge in [-0.25, -0.2) is 4.39 Å². The zero-order valence-electron chi connectivity index (χ0n) is 11.6. The quantitative estimate of drug-likeness (QED) is 0.707. The molecule has 0 saturated heterocycles. The van der Waals surface area contributed by atoms with E-state index in [9.17, 15) is 9.18 Å². The minimum Gasteiger partial charge on any atom is -0.318 e. The van der Waals surface area contributed by atoms with E-state index in [4.69, 9.17) is 11.6 Å². The maximum Gasteiger partial charge on any atom is 0.274 e. The summed E-state index contributed by atoms with van der Waals surface area (Å²) in [6.07, 6.45) is 4.54. The molecule has 1 amide bonds. The van der Waals surface area contributed by atoms with Crippen LogP contribution in [0.15, 0.2) is 41.3 Å². The first-order chi connectivity index (χ1) is 11.0. The first-order valence-corrected chi connectivity index (χ1v) is 7.67. The number of nitrogens with one attached hydrogen (secondary N) is 2. The van der Waals surface area contributed by atoms with Crippen LogP contribution in [0.25, 0.3) is 0 Å². The Morgan fingerprint density at radius 3 is 2.96 bits per heavy atom. The molecule has 2 heterocycles. The molecule has 0 radical (unpaired) electrons. The Kier molecular flexibility index (Phi) is 4.44. The summed E-state index contributed by atoms with van der Waals surface area (Å²) >= 11 is 9.20. The highest BCUT2D eigenvalue weighted by Crippen LogP contribution is 2.21. The molecule has 0 aliphatic heterocycles. The number of hydrogen-bond donors (Lipinski definition) is 2. The van der Waals surface area contributed by atoms with Crippen LogP contribution in [0.2, 0.25) is 5.02 Å². The van der Waals surface area contributed by atoms with Crippen molar-refractivity contribution in [1.29, 1.82) is 0 Å². The van der Waals surface area contributed by atoms with Crippen molar-refractivity contribution in [3.8, 4) is 0 Å². The third-order valence-electron chi connectivity index (χ3n) is 3.09. The maximum atomic E-state index is 13.8. The van der Waals surface area contributed by atoms with Gasteiger partial charge in [-0.05, 0) is 28.1 Å². The molecule has 3 aromatic rings. The van der Waals surface area contributed by atoms with Gasteiger partial charge in [-0.1, -0.05) is 17.7 Å². The lowest BCUT2D eigenvalue weighted by molar-refractivity contribution is 0.102. The number of halogens is 3. The molecule has 118 valence electrons. The number of rotatable bonds is 4. The van der Waals surface area contributed by atoms with E-state index in [1.165, 1.54) is 29.2 Å². The van der Waals surface area contributed by atoms with E-state index in [1.54, 1.807) is 12.3 Å². The van der Waals surface area contributed by atoms with Gasteiger partial charge in [0.2, 0.25) is 0 Å². The van der Waals surface area contributed by atoms with Crippen LogP contribution in [0.1, 0.15) is 16.1 Å². The van der Waals surface area contributed by atoms with E-state index < -0.39 is 5.82 Å². The second-order valence-electron chi connectivity index (χ2n) is 4.67. The monoisotopic (exact) mass is 397 g/mol. The number of carbonyl (C=O) groups excluding carboxylic acids is 1. The molecule has 0 spiro atoms. The molecule has 2 aromatic heterocycles. The molecule has 3 rings (SSSR count). The molecule has 0 aliphatic carbocycles. The van der Waals surface area contributed by atoms with Gasteiger partial charge in [0.25, 0.3) is 5.91 Å². The summed E-state index contributed by atoms with van der Waals surface area (Å²) in [5, 5.41) is 13.4. The zero-order chi connectivity index (χ0) is 16.4. The molecule has 1 aromatic carbocycles. The van der Waals surface area contributed by atoms with Crippen LogP contribution in [0.5, 0.6) is 0 Å². The second-order valence-corrected chi connectivity index (χ2v) is 5.94. The average molecular weight is 399 g/mol. The highest BCUT2D eigenvalue weighted by Gasteiger charge is 2.14. The van der Waals surface area contributed by atoms with Crippen LogP contribution in [-0.4, -0.2) is 25.9 Å². The Hall–Kier alpha value is -2.19. The molecule has 0 aliphatic rings. The fourth-order valence-electron chi connectivity index (χ4n) is 1.98. The van der Waals surface area contributed by atoms with Crippen LogP contribution in [0.3, 0.4) is 0 Å². The first-order valence-electron chi connectivity index (χ1n) is 6.50. The van der Waals surface area contributed by atoms with Crippen molar-refractivity contribution >= 4 is 39.1 Å². The number of benzene rings is 1. The molecule has 9 heteroatoms. The number of carbonyl (C=O) groups is 1. The Labute approximate surface area is 143 Å². The number of anilines is 1. The zero-order valence-corrected chi connectivity index (χ0v) is 13.9. The minimum absolute atomic E-state index is 0.162. The molecule has 0 saturated carbocycles. The van der Waals surface area contributed by atoms with E-state index in [2.05, 4.69) is 36.5 Å². The lowest BCUT2D eigenvalue weighted by atomic mass is 10.2. The fourth-order valence-corrected chi connectivity index (χ4v) is 2.58. The number of amides is 1. The maximum absolute atomic E-state index is 13.8. The third-order valence-corrected chi connectivity index (χ3v) is 4.05. The van der Waals surface area contributed by atoms with Gasteiger partial charge in [-0.2, -0.15) is 10.2 Å². The van der Waals surface area contributed by atoms with E-state index in [0.717, 1.165) is 0 Å². The van der Waals surface area contributed by atoms with Gasteiger partial charge >= 0.3 is 0 Å². The van der Waals surface area contributed by atoms with Crippen LogP contribution in [0, 0.1) is 5.82 Å². The summed E-state index contributed by atoms with van der Waals surface area (Å²) in [6.45, 7) is 0.162. The van der Waals surface area contributed by atoms with Gasteiger partial charge in [0.15, 0.2) is 0 Å². The van der Waals surface area contributed by atoms with Crippen molar-refractivity contribution in [2.24, 2.45) is 0 Å². The Balaban J connectivity index is 1.74. The van der Waals surface area contributed by atoms with E-state index in [-0.39, 0.29) is 12.5 Å². The molecule has 6 nitrogen and oxygen atoms in total. The largest absolute Gasteiger partial charge is 0.318 e. The number of hydrogen-bond acceptors (Lipinski definition) is 3. The molecular formula is C14H10BrClFN5O. The van der Waals surface area contributed by atoms with Crippen LogP contribution in [-0.2, 0) is 6.54 Å². The molecule has 0 fully saturated rings. The summed E-state index contributed by atoms with van der Waals surface area (Å²) < 4.78 is 15.8. The van der Waals surface area contributed by atoms with Crippen molar-refractivity contribution < 1.29 is 9.18 Å². The molecular weight excluding hydrogens is 389 g/mol. The average Bonchev–Trinajstić information content (AvgIpc) is 3.12. The Morgan fingerprint density at radius 2 is 2.26 bits per heavy atom. The van der Waals surface area contributed by atoms with Crippen molar-refractivity contribution in [2.45, 2.75) is 6.54 Å². The third kappa shape index (κ3) is 3.43. The van der Waals surface area contributed by atoms with Gasteiger partial charge in [-0.15, -0.1) is 0 Å². The lowest BCUT2D eigenvalue weighted by Gasteiger charge is -2.05. The highest BCUT2D eigenvalue weighted by atomic mass is 79.9. The van der Waals surface area contributed by atoms with Crippen molar-refractivity contribution in [2.75, 3.05) is 5.32 Å². The van der Waals surface area contributed by atoms with Gasteiger partial charge in [0, 0.05) is 16.8 Å². The van der Waals surface area contributed by atoms with E-state index in [1.807, 2.05) is 0 Å². The van der Waals surface area contributed by atoms with Crippen LogP contribution >= 0.6 is 27.5 Å². The normalized spacial score (nSPS) is 10.7. The summed E-state index contributed by atoms with van der Waals surface area (Å²) in [5.74, 6) is -0.766. The van der Waals surface area contributed by atoms with E-state index >= 15 is 0 Å². The smallest absolute Gasteiger partial charge is 0.274 e. The van der Waals surface area contributed by atoms with Crippen LogP contribution < -0.4 is 5.32 Å². The van der Waals surface area contributed by atoms with Gasteiger partial charge in [0.1, 0.15) is 11.5 Å².